The topological polar surface area (TPSA) is 49.9 Å². The number of ether oxygens (including phenoxy) is 1. The van der Waals surface area contributed by atoms with Crippen LogP contribution in [-0.2, 0) is 14.3 Å². The average molecular weight is 412 g/mol. The quantitative estimate of drug-likeness (QED) is 0.604. The van der Waals surface area contributed by atoms with Gasteiger partial charge in [-0.2, -0.15) is 0 Å². The van der Waals surface area contributed by atoms with Gasteiger partial charge in [0.1, 0.15) is 5.70 Å². The van der Waals surface area contributed by atoms with Crippen LogP contribution in [0.4, 0.5) is 5.69 Å². The molecule has 5 nitrogen and oxygen atoms in total. The summed E-state index contributed by atoms with van der Waals surface area (Å²) in [6.45, 7) is 5.13. The molecule has 3 aromatic carbocycles. The van der Waals surface area contributed by atoms with Crippen molar-refractivity contribution < 1.29 is 14.3 Å². The van der Waals surface area contributed by atoms with Gasteiger partial charge in [0.25, 0.3) is 11.8 Å². The van der Waals surface area contributed by atoms with Crippen molar-refractivity contribution in [2.75, 3.05) is 18.0 Å². The van der Waals surface area contributed by atoms with Gasteiger partial charge in [0.05, 0.1) is 23.5 Å². The molecule has 5 rings (SSSR count). The first-order valence-electron chi connectivity index (χ1n) is 10.6. The predicted octanol–water partition coefficient (Wildman–Crippen LogP) is 4.23. The number of morpholine rings is 1. The molecule has 1 fully saturated rings. The Balaban J connectivity index is 1.67. The molecular weight excluding hydrogens is 388 g/mol. The SMILES string of the molecule is CC1CN(C2=C(c3ccccc3)C(=O)N(c3cccc4ccccc34)C2=O)CC(C)O1. The highest BCUT2D eigenvalue weighted by Gasteiger charge is 2.44. The van der Waals surface area contributed by atoms with Crippen LogP contribution in [0.15, 0.2) is 78.5 Å². The van der Waals surface area contributed by atoms with Gasteiger partial charge >= 0.3 is 0 Å². The summed E-state index contributed by atoms with van der Waals surface area (Å²) in [6.07, 6.45) is -0.0504. The van der Waals surface area contributed by atoms with Crippen LogP contribution in [-0.4, -0.2) is 42.0 Å². The number of carbonyl (C=O) groups is 2. The van der Waals surface area contributed by atoms with Gasteiger partial charge < -0.3 is 9.64 Å². The van der Waals surface area contributed by atoms with E-state index in [1.165, 1.54) is 4.90 Å². The molecule has 3 aromatic rings. The number of carbonyl (C=O) groups excluding carboxylic acids is 2. The lowest BCUT2D eigenvalue weighted by Crippen LogP contribution is -2.47. The zero-order valence-electron chi connectivity index (χ0n) is 17.6. The molecule has 0 saturated carbocycles. The summed E-state index contributed by atoms with van der Waals surface area (Å²) in [7, 11) is 0. The van der Waals surface area contributed by atoms with Gasteiger partial charge in [-0.05, 0) is 30.9 Å². The second-order valence-electron chi connectivity index (χ2n) is 8.20. The summed E-state index contributed by atoms with van der Waals surface area (Å²) in [5, 5.41) is 1.87. The van der Waals surface area contributed by atoms with Gasteiger partial charge in [0.2, 0.25) is 0 Å². The first-order valence-corrected chi connectivity index (χ1v) is 10.6. The molecule has 156 valence electrons. The first kappa shape index (κ1) is 19.5. The first-order chi connectivity index (χ1) is 15.0. The molecular formula is C26H24N2O3. The Kier molecular flexibility index (Phi) is 4.83. The number of benzene rings is 3. The van der Waals surface area contributed by atoms with Crippen LogP contribution >= 0.6 is 0 Å². The van der Waals surface area contributed by atoms with E-state index in [9.17, 15) is 9.59 Å². The number of rotatable bonds is 3. The molecule has 2 aliphatic rings. The van der Waals surface area contributed by atoms with E-state index in [2.05, 4.69) is 0 Å². The molecule has 0 spiro atoms. The van der Waals surface area contributed by atoms with Gasteiger partial charge in [-0.15, -0.1) is 0 Å². The zero-order valence-corrected chi connectivity index (χ0v) is 17.6. The number of nitrogens with zero attached hydrogens (tertiary/aromatic N) is 2. The van der Waals surface area contributed by atoms with Gasteiger partial charge in [-0.3, -0.25) is 9.59 Å². The number of anilines is 1. The highest BCUT2D eigenvalue weighted by molar-refractivity contribution is 6.46. The van der Waals surface area contributed by atoms with Crippen LogP contribution < -0.4 is 4.90 Å². The van der Waals surface area contributed by atoms with Crippen molar-refractivity contribution in [2.45, 2.75) is 26.1 Å². The number of hydrogen-bond donors (Lipinski definition) is 0. The number of imide groups is 1. The van der Waals surface area contributed by atoms with Crippen LogP contribution in [0.2, 0.25) is 0 Å². The summed E-state index contributed by atoms with van der Waals surface area (Å²) < 4.78 is 5.87. The fraction of sp³-hybridized carbons (Fsp3) is 0.231. The third kappa shape index (κ3) is 3.31. The van der Waals surface area contributed by atoms with E-state index in [0.717, 1.165) is 16.3 Å². The number of amides is 2. The van der Waals surface area contributed by atoms with Crippen molar-refractivity contribution in [1.82, 2.24) is 4.90 Å². The lowest BCUT2D eigenvalue weighted by Gasteiger charge is -2.37. The molecule has 2 atom stereocenters. The van der Waals surface area contributed by atoms with Crippen LogP contribution in [0.1, 0.15) is 19.4 Å². The Bertz CT molecular complexity index is 1190. The summed E-state index contributed by atoms with van der Waals surface area (Å²) in [5.74, 6) is -0.559. The summed E-state index contributed by atoms with van der Waals surface area (Å²) >= 11 is 0. The van der Waals surface area contributed by atoms with Gasteiger partial charge in [0, 0.05) is 18.5 Å². The molecule has 2 aliphatic heterocycles. The minimum atomic E-state index is -0.283. The lowest BCUT2D eigenvalue weighted by molar-refractivity contribution is -0.121. The fourth-order valence-electron chi connectivity index (χ4n) is 4.66. The molecule has 5 heteroatoms. The van der Waals surface area contributed by atoms with E-state index in [-0.39, 0.29) is 24.0 Å². The van der Waals surface area contributed by atoms with Crippen molar-refractivity contribution in [2.24, 2.45) is 0 Å². The van der Waals surface area contributed by atoms with Crippen LogP contribution in [0, 0.1) is 0 Å². The predicted molar refractivity (Wildman–Crippen MR) is 121 cm³/mol. The van der Waals surface area contributed by atoms with E-state index in [1.807, 2.05) is 91.5 Å². The Morgan fingerprint density at radius 1 is 0.774 bits per heavy atom. The van der Waals surface area contributed by atoms with Crippen LogP contribution in [0.25, 0.3) is 16.3 Å². The smallest absolute Gasteiger partial charge is 0.282 e. The number of fused-ring (bicyclic) bond motifs is 1. The van der Waals surface area contributed by atoms with E-state index < -0.39 is 0 Å². The maximum Gasteiger partial charge on any atom is 0.282 e. The normalized spacial score (nSPS) is 22.0. The van der Waals surface area contributed by atoms with Crippen LogP contribution in [0.5, 0.6) is 0 Å². The van der Waals surface area contributed by atoms with Crippen molar-refractivity contribution in [3.63, 3.8) is 0 Å². The Morgan fingerprint density at radius 3 is 2.16 bits per heavy atom. The lowest BCUT2D eigenvalue weighted by atomic mass is 10.0. The summed E-state index contributed by atoms with van der Waals surface area (Å²) in [4.78, 5) is 30.9. The standard InChI is InChI=1S/C26H24N2O3/c1-17-15-27(16-18(2)31-17)24-23(20-10-4-3-5-11-20)25(29)28(26(24)30)22-14-8-12-19-9-6-7-13-21(19)22/h3-14,17-18H,15-16H2,1-2H3. The molecule has 0 radical (unpaired) electrons. The van der Waals surface area contributed by atoms with Crippen molar-refractivity contribution in [3.05, 3.63) is 84.1 Å². The third-order valence-corrected chi connectivity index (χ3v) is 5.87. The minimum absolute atomic E-state index is 0.0252. The van der Waals surface area contributed by atoms with Gasteiger partial charge in [-0.1, -0.05) is 66.7 Å². The van der Waals surface area contributed by atoms with E-state index in [1.54, 1.807) is 0 Å². The van der Waals surface area contributed by atoms with Crippen LogP contribution in [0.3, 0.4) is 0 Å². The summed E-state index contributed by atoms with van der Waals surface area (Å²) in [6, 6.07) is 23.0. The highest BCUT2D eigenvalue weighted by Crippen LogP contribution is 2.38. The van der Waals surface area contributed by atoms with Gasteiger partial charge in [-0.25, -0.2) is 4.90 Å². The monoisotopic (exact) mass is 412 g/mol. The molecule has 0 N–H and O–H groups in total. The molecule has 0 bridgehead atoms. The molecule has 2 amide bonds. The third-order valence-electron chi connectivity index (χ3n) is 5.87. The van der Waals surface area contributed by atoms with Crippen molar-refractivity contribution >= 4 is 33.8 Å². The van der Waals surface area contributed by atoms with Crippen molar-refractivity contribution in [1.29, 1.82) is 0 Å². The molecule has 0 aliphatic carbocycles. The van der Waals surface area contributed by atoms with Crippen molar-refractivity contribution in [3.8, 4) is 0 Å². The second kappa shape index (κ2) is 7.67. The molecule has 2 heterocycles. The number of hydrogen-bond acceptors (Lipinski definition) is 4. The van der Waals surface area contributed by atoms with E-state index in [4.69, 9.17) is 4.74 Å². The highest BCUT2D eigenvalue weighted by atomic mass is 16.5. The second-order valence-corrected chi connectivity index (χ2v) is 8.20. The summed E-state index contributed by atoms with van der Waals surface area (Å²) in [5.41, 5.74) is 2.29. The molecule has 2 unspecified atom stereocenters. The maximum atomic E-state index is 13.8. The minimum Gasteiger partial charge on any atom is -0.372 e. The molecule has 0 aromatic heterocycles. The molecule has 1 saturated heterocycles. The maximum absolute atomic E-state index is 13.8. The fourth-order valence-corrected chi connectivity index (χ4v) is 4.66. The van der Waals surface area contributed by atoms with E-state index >= 15 is 0 Å². The zero-order chi connectivity index (χ0) is 21.5. The van der Waals surface area contributed by atoms with E-state index in [0.29, 0.717) is 30.0 Å². The Hall–Kier alpha value is -3.44. The molecule has 31 heavy (non-hydrogen) atoms. The average Bonchev–Trinajstić information content (AvgIpc) is 3.03. The van der Waals surface area contributed by atoms with Gasteiger partial charge in [0.15, 0.2) is 0 Å². The largest absolute Gasteiger partial charge is 0.372 e. The Morgan fingerprint density at radius 2 is 1.42 bits per heavy atom. The Labute approximate surface area is 181 Å².